The number of hydrogen-bond acceptors (Lipinski definition) is 5. The van der Waals surface area contributed by atoms with Crippen LogP contribution in [0.5, 0.6) is 0 Å². The Hall–Kier alpha value is -3.13. The lowest BCUT2D eigenvalue weighted by molar-refractivity contribution is -0.136. The third kappa shape index (κ3) is 4.65. The van der Waals surface area contributed by atoms with E-state index in [4.69, 9.17) is 0 Å². The van der Waals surface area contributed by atoms with Crippen LogP contribution in [0.4, 0.5) is 5.69 Å². The zero-order valence-corrected chi connectivity index (χ0v) is 16.5. The van der Waals surface area contributed by atoms with E-state index < -0.39 is 5.97 Å². The van der Waals surface area contributed by atoms with Gasteiger partial charge in [0.1, 0.15) is 12.4 Å². The minimum Gasteiger partial charge on any atom is -0.480 e. The first-order valence-corrected chi connectivity index (χ1v) is 10.3. The van der Waals surface area contributed by atoms with Crippen LogP contribution >= 0.6 is 11.8 Å². The molecule has 0 aliphatic heterocycles. The van der Waals surface area contributed by atoms with E-state index in [0.29, 0.717) is 16.8 Å². The molecule has 1 N–H and O–H groups in total. The van der Waals surface area contributed by atoms with Crippen molar-refractivity contribution in [3.8, 4) is 5.69 Å². The van der Waals surface area contributed by atoms with Crippen LogP contribution in [0, 0.1) is 0 Å². The maximum absolute atomic E-state index is 12.7. The molecule has 8 heteroatoms. The fraction of sp³-hybridized carbons (Fsp3) is 0.238. The molecule has 1 aliphatic rings. The van der Waals surface area contributed by atoms with Crippen LogP contribution < -0.4 is 4.90 Å². The van der Waals surface area contributed by atoms with Crippen molar-refractivity contribution in [3.05, 3.63) is 66.5 Å². The van der Waals surface area contributed by atoms with Crippen molar-refractivity contribution >= 4 is 29.3 Å². The molecule has 148 valence electrons. The van der Waals surface area contributed by atoms with E-state index in [1.807, 2.05) is 41.1 Å². The summed E-state index contributed by atoms with van der Waals surface area (Å²) >= 11 is 1.23. The van der Waals surface area contributed by atoms with Gasteiger partial charge in [-0.25, -0.2) is 9.67 Å². The molecule has 4 rings (SSSR count). The Morgan fingerprint density at radius 3 is 2.34 bits per heavy atom. The number of carbonyl (C=O) groups is 2. The zero-order chi connectivity index (χ0) is 20.2. The van der Waals surface area contributed by atoms with E-state index >= 15 is 0 Å². The molecule has 29 heavy (non-hydrogen) atoms. The zero-order valence-electron chi connectivity index (χ0n) is 15.6. The summed E-state index contributed by atoms with van der Waals surface area (Å²) in [6.45, 7) is -0.386. The van der Waals surface area contributed by atoms with E-state index in [1.54, 1.807) is 24.3 Å². The molecule has 1 heterocycles. The number of nitrogens with zero attached hydrogens (tertiary/aromatic N) is 4. The van der Waals surface area contributed by atoms with E-state index in [9.17, 15) is 14.7 Å². The second-order valence-corrected chi connectivity index (χ2v) is 7.71. The molecule has 1 amide bonds. The molecule has 1 aliphatic carbocycles. The van der Waals surface area contributed by atoms with Gasteiger partial charge in [0, 0.05) is 11.6 Å². The van der Waals surface area contributed by atoms with Crippen LogP contribution in [0.15, 0.2) is 65.8 Å². The highest BCUT2D eigenvalue weighted by Gasteiger charge is 2.30. The van der Waals surface area contributed by atoms with E-state index in [-0.39, 0.29) is 18.2 Å². The van der Waals surface area contributed by atoms with Gasteiger partial charge in [-0.3, -0.25) is 9.59 Å². The highest BCUT2D eigenvalue weighted by molar-refractivity contribution is 7.99. The first-order chi connectivity index (χ1) is 14.1. The molecule has 1 saturated carbocycles. The molecule has 0 bridgehead atoms. The van der Waals surface area contributed by atoms with E-state index in [0.717, 1.165) is 24.4 Å². The van der Waals surface area contributed by atoms with Gasteiger partial charge in [0.25, 0.3) is 0 Å². The molecule has 7 nitrogen and oxygen atoms in total. The van der Waals surface area contributed by atoms with Crippen LogP contribution in [0.25, 0.3) is 5.69 Å². The van der Waals surface area contributed by atoms with Gasteiger partial charge in [0.2, 0.25) is 11.1 Å². The summed E-state index contributed by atoms with van der Waals surface area (Å²) in [4.78, 5) is 29.9. The molecule has 3 aromatic rings. The molecular weight excluding hydrogens is 388 g/mol. The summed E-state index contributed by atoms with van der Waals surface area (Å²) in [5, 5.41) is 14.3. The second-order valence-electron chi connectivity index (χ2n) is 6.77. The Kier molecular flexibility index (Phi) is 5.62. The van der Waals surface area contributed by atoms with Crippen molar-refractivity contribution in [2.45, 2.75) is 23.9 Å². The first-order valence-electron chi connectivity index (χ1n) is 9.34. The average Bonchev–Trinajstić information content (AvgIpc) is 3.50. The number of anilines is 1. The Balaban J connectivity index is 1.50. The Bertz CT molecular complexity index is 1000. The van der Waals surface area contributed by atoms with Crippen LogP contribution in [-0.4, -0.2) is 44.0 Å². The minimum absolute atomic E-state index is 0.0606. The third-order valence-electron chi connectivity index (χ3n) is 4.54. The van der Waals surface area contributed by atoms with Gasteiger partial charge in [0.15, 0.2) is 0 Å². The molecule has 0 radical (unpaired) electrons. The highest BCUT2D eigenvalue weighted by Crippen LogP contribution is 2.40. The molecule has 0 saturated heterocycles. The molecule has 0 atom stereocenters. The van der Waals surface area contributed by atoms with Gasteiger partial charge in [-0.1, -0.05) is 48.2 Å². The number of aromatic nitrogens is 3. The maximum atomic E-state index is 12.7. The topological polar surface area (TPSA) is 88.3 Å². The SMILES string of the molecule is O=C(O)CN(C(=O)CSc1nc(C2CC2)n(-c2ccccc2)n1)c1ccccc1. The fourth-order valence-electron chi connectivity index (χ4n) is 3.00. The average molecular weight is 408 g/mol. The highest BCUT2D eigenvalue weighted by atomic mass is 32.2. The third-order valence-corrected chi connectivity index (χ3v) is 5.37. The van der Waals surface area contributed by atoms with Gasteiger partial charge < -0.3 is 10.0 Å². The van der Waals surface area contributed by atoms with E-state index in [1.165, 1.54) is 16.7 Å². The number of carbonyl (C=O) groups excluding carboxylic acids is 1. The lowest BCUT2D eigenvalue weighted by Crippen LogP contribution is -2.36. The number of aliphatic carboxylic acids is 1. The summed E-state index contributed by atoms with van der Waals surface area (Å²) in [6.07, 6.45) is 2.18. The predicted octanol–water partition coefficient (Wildman–Crippen LogP) is 3.35. The summed E-state index contributed by atoms with van der Waals surface area (Å²) < 4.78 is 1.84. The van der Waals surface area contributed by atoms with Gasteiger partial charge in [-0.2, -0.15) is 0 Å². The standard InChI is InChI=1S/C21H20N4O3S/c26-18(24(13-19(27)28)16-7-3-1-4-8-16)14-29-21-22-20(15-11-12-15)25(23-21)17-9-5-2-6-10-17/h1-10,15H,11-14H2,(H,27,28). The first kappa shape index (κ1) is 19.2. The van der Waals surface area contributed by atoms with Gasteiger partial charge >= 0.3 is 5.97 Å². The van der Waals surface area contributed by atoms with Crippen molar-refractivity contribution in [2.75, 3.05) is 17.2 Å². The quantitative estimate of drug-likeness (QED) is 0.575. The van der Waals surface area contributed by atoms with Crippen molar-refractivity contribution in [1.29, 1.82) is 0 Å². The second kappa shape index (κ2) is 8.48. The van der Waals surface area contributed by atoms with Crippen LogP contribution in [-0.2, 0) is 9.59 Å². The molecule has 1 aromatic heterocycles. The summed E-state index contributed by atoms with van der Waals surface area (Å²) in [5.74, 6) is 0.0185. The van der Waals surface area contributed by atoms with E-state index in [2.05, 4.69) is 10.1 Å². The normalized spacial score (nSPS) is 13.2. The van der Waals surface area contributed by atoms with Crippen LogP contribution in [0.3, 0.4) is 0 Å². The number of thioether (sulfide) groups is 1. The Morgan fingerprint density at radius 2 is 1.72 bits per heavy atom. The number of rotatable bonds is 8. The van der Waals surface area contributed by atoms with Crippen molar-refractivity contribution in [3.63, 3.8) is 0 Å². The fourth-order valence-corrected chi connectivity index (χ4v) is 3.71. The number of hydrogen-bond donors (Lipinski definition) is 1. The lowest BCUT2D eigenvalue weighted by atomic mass is 10.3. The number of para-hydroxylation sites is 2. The van der Waals surface area contributed by atoms with Crippen molar-refractivity contribution in [1.82, 2.24) is 14.8 Å². The largest absolute Gasteiger partial charge is 0.480 e. The molecular formula is C21H20N4O3S. The van der Waals surface area contributed by atoms with Gasteiger partial charge in [-0.05, 0) is 37.1 Å². The number of carboxylic acid groups (broad SMARTS) is 1. The molecule has 2 aromatic carbocycles. The number of amides is 1. The molecule has 1 fully saturated rings. The van der Waals surface area contributed by atoms with Gasteiger partial charge in [-0.15, -0.1) is 5.10 Å². The smallest absolute Gasteiger partial charge is 0.323 e. The van der Waals surface area contributed by atoms with Gasteiger partial charge in [0.05, 0.1) is 11.4 Å². The number of carboxylic acids is 1. The minimum atomic E-state index is -1.06. The molecule has 0 unspecified atom stereocenters. The summed E-state index contributed by atoms with van der Waals surface area (Å²) in [7, 11) is 0. The lowest BCUT2D eigenvalue weighted by Gasteiger charge is -2.20. The van der Waals surface area contributed by atoms with Crippen LogP contribution in [0.2, 0.25) is 0 Å². The Morgan fingerprint density at radius 1 is 1.07 bits per heavy atom. The molecule has 0 spiro atoms. The number of benzene rings is 2. The van der Waals surface area contributed by atoms with Crippen molar-refractivity contribution in [2.24, 2.45) is 0 Å². The maximum Gasteiger partial charge on any atom is 0.323 e. The summed E-state index contributed by atoms with van der Waals surface area (Å²) in [5.41, 5.74) is 1.50. The van der Waals surface area contributed by atoms with Crippen molar-refractivity contribution < 1.29 is 14.7 Å². The van der Waals surface area contributed by atoms with Crippen LogP contribution in [0.1, 0.15) is 24.6 Å². The monoisotopic (exact) mass is 408 g/mol. The summed E-state index contributed by atoms with van der Waals surface area (Å²) in [6, 6.07) is 18.6. The predicted molar refractivity (Wildman–Crippen MR) is 110 cm³/mol. The Labute approximate surface area is 172 Å².